The molecule has 0 saturated carbocycles. The minimum Gasteiger partial charge on any atom is -0.497 e. The van der Waals surface area contributed by atoms with Crippen LogP contribution in [0, 0.1) is 12.8 Å². The van der Waals surface area contributed by atoms with Crippen molar-refractivity contribution in [2.24, 2.45) is 10.9 Å². The molecule has 2 aromatic rings. The molecular weight excluding hydrogens is 314 g/mol. The Balaban J connectivity index is 1.79. The summed E-state index contributed by atoms with van der Waals surface area (Å²) in [6.07, 6.45) is 7.81. The van der Waals surface area contributed by atoms with Crippen LogP contribution in [0.1, 0.15) is 23.7 Å². The maximum absolute atomic E-state index is 5.49. The Kier molecular flexibility index (Phi) is 3.87. The number of pyridine rings is 1. The number of aromatic nitrogens is 3. The van der Waals surface area contributed by atoms with Gasteiger partial charge in [0.2, 0.25) is 0 Å². The highest BCUT2D eigenvalue weighted by atomic mass is 16.5. The molecular formula is C19H21N5O. The summed E-state index contributed by atoms with van der Waals surface area (Å²) < 4.78 is 5.49. The molecule has 0 saturated heterocycles. The molecule has 0 amide bonds. The molecule has 3 heterocycles. The molecule has 0 spiro atoms. The number of nitrogens with zero attached hydrogens (tertiary/aromatic N) is 3. The lowest BCUT2D eigenvalue weighted by Gasteiger charge is -2.35. The van der Waals surface area contributed by atoms with Crippen molar-refractivity contribution in [2.45, 2.75) is 26.4 Å². The second-order valence-electron chi connectivity index (χ2n) is 6.44. The first-order valence-electron chi connectivity index (χ1n) is 8.36. The summed E-state index contributed by atoms with van der Waals surface area (Å²) in [5.74, 6) is 1.86. The smallest absolute Gasteiger partial charge is 0.157 e. The highest BCUT2D eigenvalue weighted by Crippen LogP contribution is 2.36. The minimum absolute atomic E-state index is 0.116. The molecule has 2 aromatic heterocycles. The number of aromatic amines is 1. The van der Waals surface area contributed by atoms with Crippen LogP contribution >= 0.6 is 0 Å². The zero-order valence-electron chi connectivity index (χ0n) is 14.6. The van der Waals surface area contributed by atoms with Crippen molar-refractivity contribution in [3.05, 3.63) is 64.8 Å². The lowest BCUT2D eigenvalue weighted by molar-refractivity contribution is 0.300. The van der Waals surface area contributed by atoms with Crippen molar-refractivity contribution in [3.8, 4) is 0 Å². The molecule has 4 rings (SSSR count). The number of anilines is 1. The van der Waals surface area contributed by atoms with Gasteiger partial charge in [0.25, 0.3) is 0 Å². The maximum Gasteiger partial charge on any atom is 0.157 e. The van der Waals surface area contributed by atoms with Gasteiger partial charge < -0.3 is 10.1 Å². The normalized spacial score (nSPS) is 23.2. The predicted octanol–water partition coefficient (Wildman–Crippen LogP) is 3.00. The number of allylic oxidation sites excluding steroid dienone is 1. The molecule has 2 N–H and O–H groups in total. The van der Waals surface area contributed by atoms with Crippen LogP contribution in [-0.2, 0) is 11.3 Å². The third-order valence-corrected chi connectivity index (χ3v) is 4.79. The molecule has 1 aliphatic carbocycles. The number of ether oxygens (including phenoxy) is 1. The van der Waals surface area contributed by atoms with E-state index in [1.54, 1.807) is 19.5 Å². The fourth-order valence-electron chi connectivity index (χ4n) is 3.50. The second-order valence-corrected chi connectivity index (χ2v) is 6.44. The Morgan fingerprint density at radius 1 is 1.24 bits per heavy atom. The molecule has 2 atom stereocenters. The monoisotopic (exact) mass is 335 g/mol. The summed E-state index contributed by atoms with van der Waals surface area (Å²) >= 11 is 0. The van der Waals surface area contributed by atoms with E-state index in [1.807, 2.05) is 19.1 Å². The van der Waals surface area contributed by atoms with Gasteiger partial charge in [-0.15, -0.1) is 0 Å². The summed E-state index contributed by atoms with van der Waals surface area (Å²) in [5, 5.41) is 11.0. The fraction of sp³-hybridized carbons (Fsp3) is 0.316. The summed E-state index contributed by atoms with van der Waals surface area (Å²) in [4.78, 5) is 9.05. The van der Waals surface area contributed by atoms with Crippen LogP contribution < -0.4 is 5.32 Å². The van der Waals surface area contributed by atoms with E-state index >= 15 is 0 Å². The first kappa shape index (κ1) is 15.6. The van der Waals surface area contributed by atoms with Crippen LogP contribution in [-0.4, -0.2) is 34.0 Å². The number of methoxy groups -OCH3 is 1. The maximum atomic E-state index is 5.49. The molecule has 2 aliphatic rings. The summed E-state index contributed by atoms with van der Waals surface area (Å²) in [5.41, 5.74) is 5.49. The number of hydrogen-bond donors (Lipinski definition) is 2. The van der Waals surface area contributed by atoms with E-state index in [-0.39, 0.29) is 12.0 Å². The first-order chi connectivity index (χ1) is 12.2. The van der Waals surface area contributed by atoms with Gasteiger partial charge in [0, 0.05) is 24.0 Å². The number of H-pyrrole nitrogens is 1. The Morgan fingerprint density at radius 3 is 2.80 bits per heavy atom. The van der Waals surface area contributed by atoms with Crippen LogP contribution in [0.5, 0.6) is 0 Å². The van der Waals surface area contributed by atoms with Crippen LogP contribution in [0.3, 0.4) is 0 Å². The highest BCUT2D eigenvalue weighted by molar-refractivity contribution is 6.10. The van der Waals surface area contributed by atoms with E-state index in [0.29, 0.717) is 6.54 Å². The Bertz CT molecular complexity index is 878. The zero-order chi connectivity index (χ0) is 17.4. The van der Waals surface area contributed by atoms with E-state index in [9.17, 15) is 0 Å². The van der Waals surface area contributed by atoms with Crippen molar-refractivity contribution in [1.82, 2.24) is 15.2 Å². The van der Waals surface area contributed by atoms with E-state index < -0.39 is 0 Å². The number of rotatable bonds is 3. The number of nitrogens with one attached hydrogen (secondary N) is 2. The molecule has 25 heavy (non-hydrogen) atoms. The van der Waals surface area contributed by atoms with E-state index in [0.717, 1.165) is 34.1 Å². The van der Waals surface area contributed by atoms with Gasteiger partial charge in [0.15, 0.2) is 5.82 Å². The SMILES string of the molecule is COC1=CC2C(=NCc3ccncc3)c3c(n[nH]c3C)NC2C(C)=C1. The van der Waals surface area contributed by atoms with Gasteiger partial charge in [-0.1, -0.05) is 0 Å². The van der Waals surface area contributed by atoms with Crippen molar-refractivity contribution in [3.63, 3.8) is 0 Å². The van der Waals surface area contributed by atoms with Gasteiger partial charge in [-0.05, 0) is 49.3 Å². The first-order valence-corrected chi connectivity index (χ1v) is 8.36. The molecule has 1 aliphatic heterocycles. The van der Waals surface area contributed by atoms with E-state index in [2.05, 4.69) is 39.6 Å². The quantitative estimate of drug-likeness (QED) is 0.904. The van der Waals surface area contributed by atoms with Gasteiger partial charge in [0.1, 0.15) is 5.76 Å². The predicted molar refractivity (Wildman–Crippen MR) is 97.6 cm³/mol. The summed E-state index contributed by atoms with van der Waals surface area (Å²) in [6, 6.07) is 4.13. The van der Waals surface area contributed by atoms with Crippen LogP contribution in [0.2, 0.25) is 0 Å². The molecule has 2 unspecified atom stereocenters. The molecule has 6 nitrogen and oxygen atoms in total. The molecule has 0 fully saturated rings. The van der Waals surface area contributed by atoms with E-state index in [1.165, 1.54) is 5.57 Å². The van der Waals surface area contributed by atoms with Crippen molar-refractivity contribution < 1.29 is 4.74 Å². The molecule has 0 bridgehead atoms. The zero-order valence-corrected chi connectivity index (χ0v) is 14.6. The number of fused-ring (bicyclic) bond motifs is 2. The number of hydrogen-bond acceptors (Lipinski definition) is 5. The third-order valence-electron chi connectivity index (χ3n) is 4.79. The van der Waals surface area contributed by atoms with Gasteiger partial charge in [-0.2, -0.15) is 5.10 Å². The minimum atomic E-state index is 0.116. The van der Waals surface area contributed by atoms with Crippen molar-refractivity contribution >= 4 is 11.5 Å². The second kappa shape index (κ2) is 6.20. The molecule has 6 heteroatoms. The molecule has 128 valence electrons. The Hall–Kier alpha value is -2.89. The van der Waals surface area contributed by atoms with Gasteiger partial charge in [-0.25, -0.2) is 0 Å². The van der Waals surface area contributed by atoms with E-state index in [4.69, 9.17) is 9.73 Å². The molecule has 0 aromatic carbocycles. The van der Waals surface area contributed by atoms with Crippen LogP contribution in [0.25, 0.3) is 0 Å². The lowest BCUT2D eigenvalue weighted by atomic mass is 9.79. The van der Waals surface area contributed by atoms with Gasteiger partial charge >= 0.3 is 0 Å². The van der Waals surface area contributed by atoms with Crippen LogP contribution in [0.15, 0.2) is 53.0 Å². The van der Waals surface area contributed by atoms with Gasteiger partial charge in [-0.3, -0.25) is 15.1 Å². The summed E-state index contributed by atoms with van der Waals surface area (Å²) in [7, 11) is 1.70. The fourth-order valence-corrected chi connectivity index (χ4v) is 3.50. The highest BCUT2D eigenvalue weighted by Gasteiger charge is 2.38. The number of aliphatic imine (C=N–C) groups is 1. The third kappa shape index (κ3) is 2.73. The summed E-state index contributed by atoms with van der Waals surface area (Å²) in [6.45, 7) is 4.76. The Labute approximate surface area is 146 Å². The largest absolute Gasteiger partial charge is 0.497 e. The average molecular weight is 335 g/mol. The topological polar surface area (TPSA) is 75.2 Å². The lowest BCUT2D eigenvalue weighted by Crippen LogP contribution is -2.41. The number of aryl methyl sites for hydroxylation is 1. The molecule has 0 radical (unpaired) electrons. The van der Waals surface area contributed by atoms with Gasteiger partial charge in [0.05, 0.1) is 31.0 Å². The van der Waals surface area contributed by atoms with Crippen LogP contribution in [0.4, 0.5) is 5.82 Å². The van der Waals surface area contributed by atoms with Crippen molar-refractivity contribution in [2.75, 3.05) is 12.4 Å². The Morgan fingerprint density at radius 2 is 2.04 bits per heavy atom. The standard InChI is InChI=1S/C19H21N5O/c1-11-8-14(25-3)9-15-17(11)22-19-16(12(2)23-24-19)18(15)21-10-13-4-6-20-7-5-13/h4-9,15,17H,10H2,1-3H3,(H2,22,23,24). The average Bonchev–Trinajstić information content (AvgIpc) is 3.01. The van der Waals surface area contributed by atoms with Crippen molar-refractivity contribution in [1.29, 1.82) is 0 Å².